The summed E-state index contributed by atoms with van der Waals surface area (Å²) in [6.45, 7) is 0.164. The zero-order valence-corrected chi connectivity index (χ0v) is 7.35. The topological polar surface area (TPSA) is 73.2 Å². The van der Waals surface area contributed by atoms with Crippen molar-refractivity contribution in [3.63, 3.8) is 0 Å². The zero-order valence-electron chi connectivity index (χ0n) is 6.53. The molecule has 0 rings (SSSR count). The molecule has 6 heteroatoms. The Bertz CT molecular complexity index is 239. The molecular formula is C5H11N3O2S. The minimum Gasteiger partial charge on any atom is -0.323 e. The van der Waals surface area contributed by atoms with Gasteiger partial charge in [-0.25, -0.2) is 12.7 Å². The summed E-state index contributed by atoms with van der Waals surface area (Å²) in [6, 6.07) is 0. The SMILES string of the molecule is CN(C)S(=O)(=O)CCNC#N. The number of hydrogen-bond donors (Lipinski definition) is 1. The third-order valence-corrected chi connectivity index (χ3v) is 2.95. The lowest BCUT2D eigenvalue weighted by Crippen LogP contribution is -2.29. The molecule has 1 N–H and O–H groups in total. The Morgan fingerprint density at radius 3 is 2.45 bits per heavy atom. The first-order valence-electron chi connectivity index (χ1n) is 3.03. The molecular weight excluding hydrogens is 166 g/mol. The largest absolute Gasteiger partial charge is 0.323 e. The van der Waals surface area contributed by atoms with Crippen LogP contribution in [-0.4, -0.2) is 39.1 Å². The van der Waals surface area contributed by atoms with E-state index >= 15 is 0 Å². The first kappa shape index (κ1) is 10.2. The molecule has 11 heavy (non-hydrogen) atoms. The van der Waals surface area contributed by atoms with Crippen molar-refractivity contribution in [2.75, 3.05) is 26.4 Å². The van der Waals surface area contributed by atoms with Crippen LogP contribution in [0, 0.1) is 11.5 Å². The van der Waals surface area contributed by atoms with E-state index in [1.165, 1.54) is 14.1 Å². The van der Waals surface area contributed by atoms with Crippen LogP contribution in [0.3, 0.4) is 0 Å². The predicted octanol–water partition coefficient (Wildman–Crippen LogP) is -1.05. The maximum atomic E-state index is 11.0. The Labute approximate surface area is 66.7 Å². The number of nitrogens with zero attached hydrogens (tertiary/aromatic N) is 2. The lowest BCUT2D eigenvalue weighted by Gasteiger charge is -2.09. The van der Waals surface area contributed by atoms with Crippen molar-refractivity contribution in [1.82, 2.24) is 9.62 Å². The van der Waals surface area contributed by atoms with E-state index in [0.29, 0.717) is 0 Å². The van der Waals surface area contributed by atoms with Crippen molar-refractivity contribution >= 4 is 10.0 Å². The van der Waals surface area contributed by atoms with Gasteiger partial charge in [0, 0.05) is 20.6 Å². The van der Waals surface area contributed by atoms with Gasteiger partial charge in [0.05, 0.1) is 5.75 Å². The van der Waals surface area contributed by atoms with E-state index in [1.807, 2.05) is 0 Å². The van der Waals surface area contributed by atoms with Gasteiger partial charge in [-0.05, 0) is 0 Å². The van der Waals surface area contributed by atoms with Gasteiger partial charge in [0.2, 0.25) is 10.0 Å². The van der Waals surface area contributed by atoms with E-state index in [9.17, 15) is 8.42 Å². The fourth-order valence-electron chi connectivity index (χ4n) is 0.418. The van der Waals surface area contributed by atoms with Gasteiger partial charge < -0.3 is 5.32 Å². The Morgan fingerprint density at radius 1 is 1.55 bits per heavy atom. The fraction of sp³-hybridized carbons (Fsp3) is 0.800. The second-order valence-corrected chi connectivity index (χ2v) is 4.44. The minimum atomic E-state index is -3.15. The van der Waals surface area contributed by atoms with Crippen LogP contribution in [0.5, 0.6) is 0 Å². The molecule has 0 unspecified atom stereocenters. The van der Waals surface area contributed by atoms with E-state index in [0.717, 1.165) is 4.31 Å². The van der Waals surface area contributed by atoms with Crippen molar-refractivity contribution < 1.29 is 8.42 Å². The number of sulfonamides is 1. The van der Waals surface area contributed by atoms with Crippen molar-refractivity contribution in [3.05, 3.63) is 0 Å². The molecule has 0 aromatic carbocycles. The standard InChI is InChI=1S/C5H11N3O2S/c1-8(2)11(9,10)4-3-7-5-6/h7H,3-4H2,1-2H3. The predicted molar refractivity (Wildman–Crippen MR) is 41.1 cm³/mol. The molecule has 5 nitrogen and oxygen atoms in total. The van der Waals surface area contributed by atoms with E-state index in [4.69, 9.17) is 5.26 Å². The summed E-state index contributed by atoms with van der Waals surface area (Å²) >= 11 is 0. The number of hydrogen-bond acceptors (Lipinski definition) is 4. The third kappa shape index (κ3) is 3.80. The molecule has 0 radical (unpaired) electrons. The number of rotatable bonds is 4. The highest BCUT2D eigenvalue weighted by Crippen LogP contribution is 1.91. The van der Waals surface area contributed by atoms with Gasteiger partial charge in [0.25, 0.3) is 0 Å². The molecule has 0 saturated heterocycles. The highest BCUT2D eigenvalue weighted by molar-refractivity contribution is 7.89. The van der Waals surface area contributed by atoms with Crippen molar-refractivity contribution in [1.29, 1.82) is 5.26 Å². The Hall–Kier alpha value is -0.800. The Balaban J connectivity index is 3.87. The van der Waals surface area contributed by atoms with Crippen LogP contribution in [-0.2, 0) is 10.0 Å². The van der Waals surface area contributed by atoms with Gasteiger partial charge >= 0.3 is 0 Å². The molecule has 0 amide bonds. The van der Waals surface area contributed by atoms with E-state index < -0.39 is 10.0 Å². The maximum Gasteiger partial charge on any atom is 0.215 e. The van der Waals surface area contributed by atoms with Crippen LogP contribution in [0.1, 0.15) is 0 Å². The lowest BCUT2D eigenvalue weighted by molar-refractivity contribution is 0.519. The maximum absolute atomic E-state index is 11.0. The van der Waals surface area contributed by atoms with Gasteiger partial charge in [-0.15, -0.1) is 0 Å². The Kier molecular flexibility index (Phi) is 3.85. The summed E-state index contributed by atoms with van der Waals surface area (Å²) in [5.74, 6) is -0.0481. The minimum absolute atomic E-state index is 0.0481. The number of nitrogens with one attached hydrogen (secondary N) is 1. The van der Waals surface area contributed by atoms with Crippen molar-refractivity contribution in [2.45, 2.75) is 0 Å². The van der Waals surface area contributed by atoms with Gasteiger partial charge in [0.1, 0.15) is 0 Å². The third-order valence-electron chi connectivity index (χ3n) is 1.12. The molecule has 0 spiro atoms. The average molecular weight is 177 g/mol. The average Bonchev–Trinajstić information content (AvgIpc) is 1.88. The number of nitriles is 1. The second-order valence-electron chi connectivity index (χ2n) is 2.14. The highest BCUT2D eigenvalue weighted by Gasteiger charge is 2.11. The van der Waals surface area contributed by atoms with Gasteiger partial charge in [-0.3, -0.25) is 0 Å². The molecule has 0 aliphatic heterocycles. The monoisotopic (exact) mass is 177 g/mol. The molecule has 0 fully saturated rings. The first-order valence-corrected chi connectivity index (χ1v) is 4.64. The summed E-state index contributed by atoms with van der Waals surface area (Å²) in [4.78, 5) is 0. The molecule has 0 bridgehead atoms. The molecule has 0 aliphatic carbocycles. The summed E-state index contributed by atoms with van der Waals surface area (Å²) in [5, 5.41) is 10.3. The van der Waals surface area contributed by atoms with Crippen LogP contribution in [0.2, 0.25) is 0 Å². The van der Waals surface area contributed by atoms with Crippen LogP contribution in [0.25, 0.3) is 0 Å². The first-order chi connectivity index (χ1) is 5.00. The molecule has 0 atom stereocenters. The zero-order chi connectivity index (χ0) is 8.91. The van der Waals surface area contributed by atoms with Crippen molar-refractivity contribution in [2.24, 2.45) is 0 Å². The smallest absolute Gasteiger partial charge is 0.215 e. The Morgan fingerprint density at radius 2 is 2.09 bits per heavy atom. The molecule has 64 valence electrons. The molecule has 0 aromatic heterocycles. The summed E-state index contributed by atoms with van der Waals surface area (Å²) < 4.78 is 23.1. The van der Waals surface area contributed by atoms with Crippen LogP contribution >= 0.6 is 0 Å². The van der Waals surface area contributed by atoms with Crippen molar-refractivity contribution in [3.8, 4) is 6.19 Å². The van der Waals surface area contributed by atoms with Gasteiger partial charge in [-0.2, -0.15) is 5.26 Å². The highest BCUT2D eigenvalue weighted by atomic mass is 32.2. The summed E-state index contributed by atoms with van der Waals surface area (Å²) in [6.07, 6.45) is 1.65. The lowest BCUT2D eigenvalue weighted by atomic mass is 10.8. The van der Waals surface area contributed by atoms with E-state index in [2.05, 4.69) is 5.32 Å². The molecule has 0 aliphatic rings. The van der Waals surface area contributed by atoms with E-state index in [1.54, 1.807) is 6.19 Å². The molecule has 0 saturated carbocycles. The summed E-state index contributed by atoms with van der Waals surface area (Å²) in [7, 11) is -0.231. The molecule has 0 aromatic rings. The van der Waals surface area contributed by atoms with Gasteiger partial charge in [-0.1, -0.05) is 0 Å². The molecule has 0 heterocycles. The van der Waals surface area contributed by atoms with Crippen LogP contribution < -0.4 is 5.32 Å². The van der Waals surface area contributed by atoms with Gasteiger partial charge in [0.15, 0.2) is 6.19 Å². The normalized spacial score (nSPS) is 11.1. The fourth-order valence-corrected chi connectivity index (χ4v) is 1.14. The van der Waals surface area contributed by atoms with Crippen LogP contribution in [0.4, 0.5) is 0 Å². The van der Waals surface area contributed by atoms with E-state index in [-0.39, 0.29) is 12.3 Å². The summed E-state index contributed by atoms with van der Waals surface area (Å²) in [5.41, 5.74) is 0. The quantitative estimate of drug-likeness (QED) is 0.338. The second kappa shape index (κ2) is 4.16. The van der Waals surface area contributed by atoms with Crippen LogP contribution in [0.15, 0.2) is 0 Å².